The molecule has 0 bridgehead atoms. The van der Waals surface area contributed by atoms with Crippen LogP contribution in [0.15, 0.2) is 12.1 Å². The standard InChI is InChI=1S/C11H18N2O/c1-8-4-9(2)10(6-13-7-12)11(5-8)14-3/h4-5,13H,6-7,12H2,1-3H3. The molecule has 0 unspecified atom stereocenters. The Morgan fingerprint density at radius 1 is 1.36 bits per heavy atom. The zero-order valence-corrected chi connectivity index (χ0v) is 9.05. The van der Waals surface area contributed by atoms with Crippen LogP contribution in [-0.2, 0) is 6.54 Å². The fourth-order valence-corrected chi connectivity index (χ4v) is 1.56. The fraction of sp³-hybridized carbons (Fsp3) is 0.455. The Hall–Kier alpha value is -1.06. The molecule has 1 rings (SSSR count). The van der Waals surface area contributed by atoms with Gasteiger partial charge in [-0.1, -0.05) is 6.07 Å². The summed E-state index contributed by atoms with van der Waals surface area (Å²) >= 11 is 0. The molecule has 0 aliphatic rings. The SMILES string of the molecule is COc1cc(C)cc(C)c1CNCN. The van der Waals surface area contributed by atoms with Gasteiger partial charge in [0.25, 0.3) is 0 Å². The van der Waals surface area contributed by atoms with Crippen molar-refractivity contribution in [3.05, 3.63) is 28.8 Å². The van der Waals surface area contributed by atoms with Crippen LogP contribution in [0.5, 0.6) is 5.75 Å². The highest BCUT2D eigenvalue weighted by atomic mass is 16.5. The molecule has 0 saturated heterocycles. The number of nitrogens with two attached hydrogens (primary N) is 1. The minimum Gasteiger partial charge on any atom is -0.496 e. The summed E-state index contributed by atoms with van der Waals surface area (Å²) in [6.07, 6.45) is 0. The molecule has 14 heavy (non-hydrogen) atoms. The molecule has 0 spiro atoms. The minimum absolute atomic E-state index is 0.483. The predicted molar refractivity (Wildman–Crippen MR) is 58.4 cm³/mol. The molecule has 1 aromatic carbocycles. The van der Waals surface area contributed by atoms with E-state index in [9.17, 15) is 0 Å². The molecule has 1 aromatic rings. The van der Waals surface area contributed by atoms with Crippen LogP contribution in [0.1, 0.15) is 16.7 Å². The lowest BCUT2D eigenvalue weighted by Crippen LogP contribution is -2.22. The summed E-state index contributed by atoms with van der Waals surface area (Å²) in [5, 5.41) is 3.10. The van der Waals surface area contributed by atoms with Gasteiger partial charge in [-0.2, -0.15) is 0 Å². The van der Waals surface area contributed by atoms with Crippen LogP contribution in [0.4, 0.5) is 0 Å². The molecule has 3 N–H and O–H groups in total. The summed E-state index contributed by atoms with van der Waals surface area (Å²) in [4.78, 5) is 0. The monoisotopic (exact) mass is 194 g/mol. The molecule has 0 amide bonds. The maximum Gasteiger partial charge on any atom is 0.123 e. The zero-order valence-electron chi connectivity index (χ0n) is 9.05. The molecule has 0 aliphatic carbocycles. The molecular formula is C11H18N2O. The second kappa shape index (κ2) is 4.98. The highest BCUT2D eigenvalue weighted by Gasteiger charge is 2.06. The molecule has 0 fully saturated rings. The molecule has 0 aromatic heterocycles. The Labute approximate surface area is 85.3 Å². The van der Waals surface area contributed by atoms with E-state index in [1.807, 2.05) is 6.07 Å². The van der Waals surface area contributed by atoms with Crippen molar-refractivity contribution < 1.29 is 4.74 Å². The smallest absolute Gasteiger partial charge is 0.123 e. The first-order valence-corrected chi connectivity index (χ1v) is 4.74. The van der Waals surface area contributed by atoms with E-state index in [1.165, 1.54) is 16.7 Å². The highest BCUT2D eigenvalue weighted by molar-refractivity contribution is 5.42. The molecule has 0 saturated carbocycles. The van der Waals surface area contributed by atoms with Crippen LogP contribution >= 0.6 is 0 Å². The summed E-state index contributed by atoms with van der Waals surface area (Å²) in [6.45, 7) is 5.39. The van der Waals surface area contributed by atoms with E-state index in [-0.39, 0.29) is 0 Å². The molecule has 78 valence electrons. The van der Waals surface area contributed by atoms with Crippen LogP contribution in [-0.4, -0.2) is 13.8 Å². The highest BCUT2D eigenvalue weighted by Crippen LogP contribution is 2.23. The second-order valence-corrected chi connectivity index (χ2v) is 3.39. The maximum absolute atomic E-state index is 5.40. The van der Waals surface area contributed by atoms with Gasteiger partial charge in [0.05, 0.1) is 7.11 Å². The predicted octanol–water partition coefficient (Wildman–Crippen LogP) is 1.32. The normalized spacial score (nSPS) is 10.3. The van der Waals surface area contributed by atoms with E-state index in [0.717, 1.165) is 12.3 Å². The van der Waals surface area contributed by atoms with Crippen molar-refractivity contribution in [2.75, 3.05) is 13.8 Å². The second-order valence-electron chi connectivity index (χ2n) is 3.39. The average molecular weight is 194 g/mol. The zero-order chi connectivity index (χ0) is 10.6. The Balaban J connectivity index is 2.99. The van der Waals surface area contributed by atoms with Gasteiger partial charge in [0, 0.05) is 18.8 Å². The number of hydrogen-bond acceptors (Lipinski definition) is 3. The van der Waals surface area contributed by atoms with Crippen molar-refractivity contribution in [2.45, 2.75) is 20.4 Å². The van der Waals surface area contributed by atoms with Gasteiger partial charge in [0.1, 0.15) is 5.75 Å². The number of methoxy groups -OCH3 is 1. The molecule has 0 atom stereocenters. The largest absolute Gasteiger partial charge is 0.496 e. The molecule has 3 nitrogen and oxygen atoms in total. The van der Waals surface area contributed by atoms with Crippen LogP contribution in [0.2, 0.25) is 0 Å². The molecule has 0 aliphatic heterocycles. The lowest BCUT2D eigenvalue weighted by molar-refractivity contribution is 0.407. The number of benzene rings is 1. The third kappa shape index (κ3) is 2.47. The van der Waals surface area contributed by atoms with E-state index < -0.39 is 0 Å². The Morgan fingerprint density at radius 2 is 2.07 bits per heavy atom. The summed E-state index contributed by atoms with van der Waals surface area (Å²) in [6, 6.07) is 4.19. The number of rotatable bonds is 4. The topological polar surface area (TPSA) is 47.3 Å². The van der Waals surface area contributed by atoms with Crippen molar-refractivity contribution in [3.63, 3.8) is 0 Å². The average Bonchev–Trinajstić information content (AvgIpc) is 2.15. The van der Waals surface area contributed by atoms with Crippen LogP contribution in [0, 0.1) is 13.8 Å². The molecule has 3 heteroatoms. The van der Waals surface area contributed by atoms with Gasteiger partial charge in [-0.25, -0.2) is 0 Å². The van der Waals surface area contributed by atoms with Gasteiger partial charge >= 0.3 is 0 Å². The van der Waals surface area contributed by atoms with Crippen molar-refractivity contribution in [1.29, 1.82) is 0 Å². The Morgan fingerprint density at radius 3 is 2.64 bits per heavy atom. The number of aryl methyl sites for hydroxylation is 2. The van der Waals surface area contributed by atoms with E-state index in [4.69, 9.17) is 10.5 Å². The van der Waals surface area contributed by atoms with Gasteiger partial charge in [0.2, 0.25) is 0 Å². The van der Waals surface area contributed by atoms with Crippen molar-refractivity contribution >= 4 is 0 Å². The lowest BCUT2D eigenvalue weighted by Gasteiger charge is -2.13. The molecular weight excluding hydrogens is 176 g/mol. The summed E-state index contributed by atoms with van der Waals surface area (Å²) in [5.41, 5.74) is 9.04. The summed E-state index contributed by atoms with van der Waals surface area (Å²) in [5.74, 6) is 0.934. The Bertz CT molecular complexity index is 310. The fourth-order valence-electron chi connectivity index (χ4n) is 1.56. The minimum atomic E-state index is 0.483. The van der Waals surface area contributed by atoms with Crippen LogP contribution < -0.4 is 15.8 Å². The van der Waals surface area contributed by atoms with Gasteiger partial charge in [0.15, 0.2) is 0 Å². The van der Waals surface area contributed by atoms with Gasteiger partial charge in [-0.15, -0.1) is 0 Å². The van der Waals surface area contributed by atoms with Gasteiger partial charge < -0.3 is 15.8 Å². The third-order valence-electron chi connectivity index (χ3n) is 2.24. The molecule has 0 radical (unpaired) electrons. The lowest BCUT2D eigenvalue weighted by atomic mass is 10.0. The number of hydrogen-bond donors (Lipinski definition) is 2. The van der Waals surface area contributed by atoms with Gasteiger partial charge in [-0.3, -0.25) is 0 Å². The summed E-state index contributed by atoms with van der Waals surface area (Å²) < 4.78 is 5.32. The van der Waals surface area contributed by atoms with Crippen molar-refractivity contribution in [1.82, 2.24) is 5.32 Å². The van der Waals surface area contributed by atoms with Crippen molar-refractivity contribution in [3.8, 4) is 5.75 Å². The van der Waals surface area contributed by atoms with E-state index >= 15 is 0 Å². The Kier molecular flexibility index (Phi) is 3.92. The third-order valence-corrected chi connectivity index (χ3v) is 2.24. The van der Waals surface area contributed by atoms with E-state index in [1.54, 1.807) is 7.11 Å². The van der Waals surface area contributed by atoms with Crippen LogP contribution in [0.25, 0.3) is 0 Å². The van der Waals surface area contributed by atoms with Crippen molar-refractivity contribution in [2.24, 2.45) is 5.73 Å². The summed E-state index contributed by atoms with van der Waals surface area (Å²) in [7, 11) is 1.69. The maximum atomic E-state index is 5.40. The van der Waals surface area contributed by atoms with Gasteiger partial charge in [-0.05, 0) is 31.0 Å². The first-order valence-electron chi connectivity index (χ1n) is 4.74. The number of ether oxygens (including phenoxy) is 1. The first kappa shape index (κ1) is 11.0. The molecule has 0 heterocycles. The quantitative estimate of drug-likeness (QED) is 0.711. The van der Waals surface area contributed by atoms with E-state index in [2.05, 4.69) is 25.2 Å². The van der Waals surface area contributed by atoms with Crippen LogP contribution in [0.3, 0.4) is 0 Å². The first-order chi connectivity index (χ1) is 6.69. The number of nitrogens with one attached hydrogen (secondary N) is 1. The van der Waals surface area contributed by atoms with E-state index in [0.29, 0.717) is 6.67 Å².